The van der Waals surface area contributed by atoms with E-state index in [9.17, 15) is 9.18 Å². The Bertz CT molecular complexity index is 608. The molecule has 102 valence electrons. The molecule has 0 saturated carbocycles. The van der Waals surface area contributed by atoms with E-state index in [1.807, 2.05) is 12.1 Å². The lowest BCUT2D eigenvalue weighted by molar-refractivity contribution is 0.102. The van der Waals surface area contributed by atoms with Gasteiger partial charge in [-0.25, -0.2) is 4.39 Å². The zero-order chi connectivity index (χ0) is 14.4. The van der Waals surface area contributed by atoms with Crippen LogP contribution < -0.4 is 10.6 Å². The predicted octanol–water partition coefficient (Wildman–Crippen LogP) is 3.68. The summed E-state index contributed by atoms with van der Waals surface area (Å²) in [5, 5.41) is 5.78. The highest BCUT2D eigenvalue weighted by molar-refractivity contribution is 6.04. The smallest absolute Gasteiger partial charge is 0.258 e. The highest BCUT2D eigenvalue weighted by Crippen LogP contribution is 2.15. The number of amides is 1. The zero-order valence-electron chi connectivity index (χ0n) is 10.9. The van der Waals surface area contributed by atoms with Crippen molar-refractivity contribution < 1.29 is 9.18 Å². The summed E-state index contributed by atoms with van der Waals surface area (Å²) < 4.78 is 13.5. The van der Waals surface area contributed by atoms with Gasteiger partial charge >= 0.3 is 0 Å². The number of benzene rings is 2. The van der Waals surface area contributed by atoms with Gasteiger partial charge < -0.3 is 10.6 Å². The van der Waals surface area contributed by atoms with Gasteiger partial charge in [-0.2, -0.15) is 0 Å². The van der Waals surface area contributed by atoms with E-state index in [1.165, 1.54) is 12.1 Å². The second-order valence-corrected chi connectivity index (χ2v) is 4.18. The summed E-state index contributed by atoms with van der Waals surface area (Å²) in [5.41, 5.74) is 1.57. The van der Waals surface area contributed by atoms with Crippen LogP contribution in [0.1, 0.15) is 10.4 Å². The monoisotopic (exact) mass is 270 g/mol. The Labute approximate surface area is 117 Å². The molecule has 1 amide bonds. The Morgan fingerprint density at radius 2 is 1.75 bits per heavy atom. The number of halogens is 1. The summed E-state index contributed by atoms with van der Waals surface area (Å²) in [7, 11) is 0. The van der Waals surface area contributed by atoms with Crippen LogP contribution in [0.15, 0.2) is 61.2 Å². The molecule has 0 radical (unpaired) electrons. The van der Waals surface area contributed by atoms with E-state index in [-0.39, 0.29) is 5.56 Å². The predicted molar refractivity (Wildman–Crippen MR) is 79.5 cm³/mol. The summed E-state index contributed by atoms with van der Waals surface area (Å²) in [6, 6.07) is 13.1. The van der Waals surface area contributed by atoms with E-state index in [0.29, 0.717) is 12.2 Å². The van der Waals surface area contributed by atoms with Gasteiger partial charge in [0, 0.05) is 17.9 Å². The molecule has 0 aliphatic rings. The van der Waals surface area contributed by atoms with Crippen molar-refractivity contribution in [3.05, 3.63) is 72.6 Å². The fourth-order valence-electron chi connectivity index (χ4n) is 1.71. The minimum absolute atomic E-state index is 0.0290. The molecule has 0 heterocycles. The fourth-order valence-corrected chi connectivity index (χ4v) is 1.71. The molecular weight excluding hydrogens is 255 g/mol. The first-order valence-corrected chi connectivity index (χ1v) is 6.21. The van der Waals surface area contributed by atoms with Crippen molar-refractivity contribution in [1.29, 1.82) is 0 Å². The van der Waals surface area contributed by atoms with Gasteiger partial charge in [-0.3, -0.25) is 4.79 Å². The first-order valence-electron chi connectivity index (χ1n) is 6.21. The topological polar surface area (TPSA) is 41.1 Å². The lowest BCUT2D eigenvalue weighted by Crippen LogP contribution is -2.13. The summed E-state index contributed by atoms with van der Waals surface area (Å²) in [6.45, 7) is 4.29. The van der Waals surface area contributed by atoms with Gasteiger partial charge in [0.1, 0.15) is 5.82 Å². The average Bonchev–Trinajstić information content (AvgIpc) is 2.47. The summed E-state index contributed by atoms with van der Waals surface area (Å²) in [6.07, 6.45) is 1.76. The molecule has 0 fully saturated rings. The number of hydrogen-bond acceptors (Lipinski definition) is 2. The molecule has 2 rings (SSSR count). The van der Waals surface area contributed by atoms with Crippen LogP contribution in [-0.4, -0.2) is 12.5 Å². The molecular formula is C16H15FN2O. The molecule has 0 aliphatic heterocycles. The van der Waals surface area contributed by atoms with E-state index in [0.717, 1.165) is 5.69 Å². The minimum Gasteiger partial charge on any atom is -0.382 e. The van der Waals surface area contributed by atoms with Crippen molar-refractivity contribution in [2.75, 3.05) is 17.2 Å². The Kier molecular flexibility index (Phi) is 4.50. The third-order valence-corrected chi connectivity index (χ3v) is 2.71. The Morgan fingerprint density at radius 1 is 1.10 bits per heavy atom. The van der Waals surface area contributed by atoms with Gasteiger partial charge in [0.15, 0.2) is 0 Å². The van der Waals surface area contributed by atoms with Gasteiger partial charge in [-0.15, -0.1) is 6.58 Å². The van der Waals surface area contributed by atoms with E-state index < -0.39 is 11.7 Å². The number of hydrogen-bond donors (Lipinski definition) is 2. The van der Waals surface area contributed by atoms with Crippen molar-refractivity contribution >= 4 is 17.3 Å². The van der Waals surface area contributed by atoms with Crippen molar-refractivity contribution in [1.82, 2.24) is 0 Å². The zero-order valence-corrected chi connectivity index (χ0v) is 10.9. The maximum Gasteiger partial charge on any atom is 0.258 e. The molecule has 0 aliphatic carbocycles. The Morgan fingerprint density at radius 3 is 2.40 bits per heavy atom. The quantitative estimate of drug-likeness (QED) is 0.814. The Hall–Kier alpha value is -2.62. The van der Waals surface area contributed by atoms with Crippen molar-refractivity contribution in [2.45, 2.75) is 0 Å². The van der Waals surface area contributed by atoms with Gasteiger partial charge in [-0.05, 0) is 36.4 Å². The molecule has 4 heteroatoms. The molecule has 2 aromatic rings. The first-order chi connectivity index (χ1) is 9.70. The van der Waals surface area contributed by atoms with Gasteiger partial charge in [-0.1, -0.05) is 18.2 Å². The summed E-state index contributed by atoms with van der Waals surface area (Å²) >= 11 is 0. The van der Waals surface area contributed by atoms with Crippen LogP contribution in [0.5, 0.6) is 0 Å². The number of carbonyl (C=O) groups excluding carboxylic acids is 1. The summed E-state index contributed by atoms with van der Waals surface area (Å²) in [4.78, 5) is 11.9. The number of anilines is 2. The molecule has 0 bridgehead atoms. The lowest BCUT2D eigenvalue weighted by atomic mass is 10.2. The van der Waals surface area contributed by atoms with Crippen LogP contribution in [0, 0.1) is 5.82 Å². The molecule has 0 unspecified atom stereocenters. The van der Waals surface area contributed by atoms with Gasteiger partial charge in [0.25, 0.3) is 5.91 Å². The minimum atomic E-state index is -0.533. The number of rotatable bonds is 5. The van der Waals surface area contributed by atoms with Crippen LogP contribution >= 0.6 is 0 Å². The molecule has 2 N–H and O–H groups in total. The first kappa shape index (κ1) is 13.8. The highest BCUT2D eigenvalue weighted by atomic mass is 19.1. The summed E-state index contributed by atoms with van der Waals surface area (Å²) in [5.74, 6) is -0.996. The van der Waals surface area contributed by atoms with E-state index in [4.69, 9.17) is 0 Å². The Balaban J connectivity index is 2.05. The van der Waals surface area contributed by atoms with E-state index in [2.05, 4.69) is 17.2 Å². The maximum atomic E-state index is 13.5. The fraction of sp³-hybridized carbons (Fsp3) is 0.0625. The van der Waals surface area contributed by atoms with Crippen LogP contribution in [0.3, 0.4) is 0 Å². The number of nitrogens with one attached hydrogen (secondary N) is 2. The second kappa shape index (κ2) is 6.52. The standard InChI is InChI=1S/C16H15FN2O/c1-2-11-18-12-7-9-13(10-8-12)19-16(20)14-5-3-4-6-15(14)17/h2-10,18H,1,11H2,(H,19,20). The molecule has 0 spiro atoms. The normalized spacial score (nSPS) is 9.85. The third kappa shape index (κ3) is 3.45. The van der Waals surface area contributed by atoms with Gasteiger partial charge in [0.2, 0.25) is 0 Å². The van der Waals surface area contributed by atoms with Crippen molar-refractivity contribution in [2.24, 2.45) is 0 Å². The molecule has 0 aromatic heterocycles. The average molecular weight is 270 g/mol. The van der Waals surface area contributed by atoms with Gasteiger partial charge in [0.05, 0.1) is 5.56 Å². The highest BCUT2D eigenvalue weighted by Gasteiger charge is 2.10. The molecule has 0 saturated heterocycles. The number of carbonyl (C=O) groups is 1. The maximum absolute atomic E-state index is 13.5. The van der Waals surface area contributed by atoms with Crippen LogP contribution in [0.25, 0.3) is 0 Å². The SMILES string of the molecule is C=CCNc1ccc(NC(=O)c2ccccc2F)cc1. The molecule has 2 aromatic carbocycles. The molecule has 3 nitrogen and oxygen atoms in total. The second-order valence-electron chi connectivity index (χ2n) is 4.18. The van der Waals surface area contributed by atoms with Crippen LogP contribution in [-0.2, 0) is 0 Å². The van der Waals surface area contributed by atoms with E-state index in [1.54, 1.807) is 30.3 Å². The van der Waals surface area contributed by atoms with E-state index >= 15 is 0 Å². The third-order valence-electron chi connectivity index (χ3n) is 2.71. The lowest BCUT2D eigenvalue weighted by Gasteiger charge is -2.08. The van der Waals surface area contributed by atoms with Crippen molar-refractivity contribution in [3.63, 3.8) is 0 Å². The van der Waals surface area contributed by atoms with Crippen LogP contribution in [0.4, 0.5) is 15.8 Å². The van der Waals surface area contributed by atoms with Crippen LogP contribution in [0.2, 0.25) is 0 Å². The van der Waals surface area contributed by atoms with Crippen molar-refractivity contribution in [3.8, 4) is 0 Å². The molecule has 0 atom stereocenters. The largest absolute Gasteiger partial charge is 0.382 e. The molecule has 20 heavy (non-hydrogen) atoms.